The molecule has 0 fully saturated rings. The molecular formula is C18H24N2O2. The van der Waals surface area contributed by atoms with Crippen LogP contribution in [0.4, 0.5) is 0 Å². The quantitative estimate of drug-likeness (QED) is 0.891. The minimum absolute atomic E-state index is 0.0731. The molecule has 0 unspecified atom stereocenters. The van der Waals surface area contributed by atoms with E-state index in [4.69, 9.17) is 4.74 Å². The van der Waals surface area contributed by atoms with Gasteiger partial charge < -0.3 is 14.6 Å². The summed E-state index contributed by atoms with van der Waals surface area (Å²) in [5.74, 6) is 0.812. The lowest BCUT2D eigenvalue weighted by Crippen LogP contribution is -2.30. The Kier molecular flexibility index (Phi) is 5.39. The van der Waals surface area contributed by atoms with Gasteiger partial charge in [0, 0.05) is 24.7 Å². The van der Waals surface area contributed by atoms with Crippen LogP contribution in [0.3, 0.4) is 0 Å². The standard InChI is InChI=1S/C18H24N2O2/c1-5-20-17(14-6-9-16(22-4)10-7-14)11-8-15(18(20)21)12-19-13(2)3/h6-11,13,19H,5,12H2,1-4H3. The van der Waals surface area contributed by atoms with Crippen molar-refractivity contribution in [1.29, 1.82) is 0 Å². The van der Waals surface area contributed by atoms with Crippen molar-refractivity contribution in [1.82, 2.24) is 9.88 Å². The zero-order valence-electron chi connectivity index (χ0n) is 13.7. The maximum atomic E-state index is 12.6. The molecule has 0 saturated heterocycles. The molecule has 2 aromatic rings. The number of nitrogens with zero attached hydrogens (tertiary/aromatic N) is 1. The maximum Gasteiger partial charge on any atom is 0.255 e. The highest BCUT2D eigenvalue weighted by Gasteiger charge is 2.10. The van der Waals surface area contributed by atoms with Crippen molar-refractivity contribution in [2.45, 2.75) is 39.9 Å². The third-order valence-electron chi connectivity index (χ3n) is 3.66. The molecule has 0 radical (unpaired) electrons. The molecule has 1 aromatic carbocycles. The van der Waals surface area contributed by atoms with Crippen molar-refractivity contribution >= 4 is 0 Å². The highest BCUT2D eigenvalue weighted by Crippen LogP contribution is 2.21. The van der Waals surface area contributed by atoms with Crippen LogP contribution in [0.1, 0.15) is 26.3 Å². The number of methoxy groups -OCH3 is 1. The second-order valence-electron chi connectivity index (χ2n) is 5.56. The summed E-state index contributed by atoms with van der Waals surface area (Å²) in [6.45, 7) is 7.39. The Bertz CT molecular complexity index is 672. The van der Waals surface area contributed by atoms with E-state index in [0.29, 0.717) is 19.1 Å². The van der Waals surface area contributed by atoms with Crippen LogP contribution >= 0.6 is 0 Å². The third kappa shape index (κ3) is 3.57. The van der Waals surface area contributed by atoms with Gasteiger partial charge in [-0.05, 0) is 42.8 Å². The number of aromatic nitrogens is 1. The summed E-state index contributed by atoms with van der Waals surface area (Å²) in [5, 5.41) is 3.30. The SMILES string of the molecule is CCn1c(-c2ccc(OC)cc2)ccc(CNC(C)C)c1=O. The molecule has 118 valence electrons. The number of hydrogen-bond acceptors (Lipinski definition) is 3. The lowest BCUT2D eigenvalue weighted by Gasteiger charge is -2.14. The first-order valence-electron chi connectivity index (χ1n) is 7.67. The molecule has 0 aliphatic heterocycles. The first-order valence-corrected chi connectivity index (χ1v) is 7.67. The third-order valence-corrected chi connectivity index (χ3v) is 3.66. The normalized spacial score (nSPS) is 11.0. The Balaban J connectivity index is 2.39. The van der Waals surface area contributed by atoms with Crippen LogP contribution < -0.4 is 15.6 Å². The van der Waals surface area contributed by atoms with Crippen LogP contribution in [-0.4, -0.2) is 17.7 Å². The van der Waals surface area contributed by atoms with E-state index >= 15 is 0 Å². The van der Waals surface area contributed by atoms with Gasteiger partial charge in [0.1, 0.15) is 5.75 Å². The molecular weight excluding hydrogens is 276 g/mol. The van der Waals surface area contributed by atoms with Crippen molar-refractivity contribution in [2.24, 2.45) is 0 Å². The van der Waals surface area contributed by atoms with E-state index < -0.39 is 0 Å². The van der Waals surface area contributed by atoms with Gasteiger partial charge in [0.15, 0.2) is 0 Å². The summed E-state index contributed by atoms with van der Waals surface area (Å²) in [6.07, 6.45) is 0. The van der Waals surface area contributed by atoms with Crippen LogP contribution in [-0.2, 0) is 13.1 Å². The Morgan fingerprint density at radius 2 is 1.82 bits per heavy atom. The van der Waals surface area contributed by atoms with E-state index in [2.05, 4.69) is 19.2 Å². The average Bonchev–Trinajstić information content (AvgIpc) is 2.53. The lowest BCUT2D eigenvalue weighted by molar-refractivity contribution is 0.415. The molecule has 1 N–H and O–H groups in total. The summed E-state index contributed by atoms with van der Waals surface area (Å²) in [6, 6.07) is 12.1. The smallest absolute Gasteiger partial charge is 0.255 e. The van der Waals surface area contributed by atoms with E-state index in [1.807, 2.05) is 47.9 Å². The van der Waals surface area contributed by atoms with Gasteiger partial charge in [0.05, 0.1) is 12.8 Å². The second-order valence-corrected chi connectivity index (χ2v) is 5.56. The van der Waals surface area contributed by atoms with Gasteiger partial charge in [0.2, 0.25) is 0 Å². The minimum atomic E-state index is 0.0731. The second kappa shape index (κ2) is 7.27. The lowest BCUT2D eigenvalue weighted by atomic mass is 10.1. The molecule has 4 nitrogen and oxygen atoms in total. The van der Waals surface area contributed by atoms with Crippen molar-refractivity contribution in [2.75, 3.05) is 7.11 Å². The Hall–Kier alpha value is -2.07. The molecule has 0 amide bonds. The van der Waals surface area contributed by atoms with Gasteiger partial charge in [0.25, 0.3) is 5.56 Å². The molecule has 0 atom stereocenters. The van der Waals surface area contributed by atoms with E-state index in [1.165, 1.54) is 0 Å². The van der Waals surface area contributed by atoms with Crippen molar-refractivity contribution in [3.63, 3.8) is 0 Å². The topological polar surface area (TPSA) is 43.3 Å². The fourth-order valence-electron chi connectivity index (χ4n) is 2.40. The van der Waals surface area contributed by atoms with E-state index in [0.717, 1.165) is 22.6 Å². The predicted molar refractivity (Wildman–Crippen MR) is 90.3 cm³/mol. The van der Waals surface area contributed by atoms with Gasteiger partial charge >= 0.3 is 0 Å². The van der Waals surface area contributed by atoms with Crippen molar-refractivity contribution in [3.8, 4) is 17.0 Å². The number of benzene rings is 1. The molecule has 0 saturated carbocycles. The molecule has 4 heteroatoms. The molecule has 2 rings (SSSR count). The maximum absolute atomic E-state index is 12.6. The van der Waals surface area contributed by atoms with Crippen LogP contribution in [0.25, 0.3) is 11.3 Å². The Morgan fingerprint density at radius 1 is 1.14 bits per heavy atom. The van der Waals surface area contributed by atoms with Crippen LogP contribution in [0.5, 0.6) is 5.75 Å². The van der Waals surface area contributed by atoms with E-state index in [-0.39, 0.29) is 5.56 Å². The van der Waals surface area contributed by atoms with Crippen LogP contribution in [0.2, 0.25) is 0 Å². The minimum Gasteiger partial charge on any atom is -0.497 e. The number of hydrogen-bond donors (Lipinski definition) is 1. The first-order chi connectivity index (χ1) is 10.6. The fraction of sp³-hybridized carbons (Fsp3) is 0.389. The van der Waals surface area contributed by atoms with Crippen LogP contribution in [0, 0.1) is 0 Å². The van der Waals surface area contributed by atoms with E-state index in [9.17, 15) is 4.79 Å². The van der Waals surface area contributed by atoms with Crippen LogP contribution in [0.15, 0.2) is 41.2 Å². The first kappa shape index (κ1) is 16.3. The predicted octanol–water partition coefficient (Wildman–Crippen LogP) is 3.04. The Labute approximate surface area is 131 Å². The Morgan fingerprint density at radius 3 is 2.36 bits per heavy atom. The number of nitrogens with one attached hydrogen (secondary N) is 1. The summed E-state index contributed by atoms with van der Waals surface area (Å²) in [7, 11) is 1.65. The number of pyridine rings is 1. The van der Waals surface area contributed by atoms with E-state index in [1.54, 1.807) is 7.11 Å². The zero-order valence-corrected chi connectivity index (χ0v) is 13.7. The molecule has 0 aliphatic rings. The molecule has 1 aromatic heterocycles. The summed E-state index contributed by atoms with van der Waals surface area (Å²) < 4.78 is 7.00. The molecule has 0 spiro atoms. The molecule has 1 heterocycles. The van der Waals surface area contributed by atoms with Gasteiger partial charge in [-0.15, -0.1) is 0 Å². The van der Waals surface area contributed by atoms with Crippen molar-refractivity contribution in [3.05, 3.63) is 52.3 Å². The summed E-state index contributed by atoms with van der Waals surface area (Å²) in [4.78, 5) is 12.6. The summed E-state index contributed by atoms with van der Waals surface area (Å²) >= 11 is 0. The number of rotatable bonds is 6. The molecule has 0 aliphatic carbocycles. The zero-order chi connectivity index (χ0) is 16.1. The van der Waals surface area contributed by atoms with Gasteiger partial charge in [-0.2, -0.15) is 0 Å². The largest absolute Gasteiger partial charge is 0.497 e. The van der Waals surface area contributed by atoms with Gasteiger partial charge in [-0.1, -0.05) is 19.9 Å². The molecule has 22 heavy (non-hydrogen) atoms. The highest BCUT2D eigenvalue weighted by atomic mass is 16.5. The molecule has 0 bridgehead atoms. The fourth-order valence-corrected chi connectivity index (χ4v) is 2.40. The summed E-state index contributed by atoms with van der Waals surface area (Å²) in [5.41, 5.74) is 2.82. The average molecular weight is 300 g/mol. The van der Waals surface area contributed by atoms with Gasteiger partial charge in [-0.3, -0.25) is 4.79 Å². The monoisotopic (exact) mass is 300 g/mol. The van der Waals surface area contributed by atoms with Gasteiger partial charge in [-0.25, -0.2) is 0 Å². The van der Waals surface area contributed by atoms with Crippen molar-refractivity contribution < 1.29 is 4.74 Å². The highest BCUT2D eigenvalue weighted by molar-refractivity contribution is 5.61. The number of ether oxygens (including phenoxy) is 1.